The molecule has 0 fully saturated rings. The molecule has 0 bridgehead atoms. The lowest BCUT2D eigenvalue weighted by molar-refractivity contribution is 0.824. The highest BCUT2D eigenvalue weighted by Crippen LogP contribution is 2.34. The monoisotopic (exact) mass is 286 g/mol. The fourth-order valence-electron chi connectivity index (χ4n) is 3.19. The van der Waals surface area contributed by atoms with E-state index in [1.54, 1.807) is 6.33 Å². The first-order valence-electron chi connectivity index (χ1n) is 7.78. The number of fused-ring (bicyclic) bond motifs is 1. The highest BCUT2D eigenvalue weighted by atomic mass is 14.8. The molecule has 1 aliphatic carbocycles. The van der Waals surface area contributed by atoms with Crippen LogP contribution in [0, 0.1) is 0 Å². The molecule has 0 unspecified atom stereocenters. The standard InChI is InChI=1S/C20H18N2/c1-2-5-15(6-3-1)17-10-9-16-7-4-8-18(20(16)12-17)11-19-13-21-14-22-19/h1-3,5-6,9-14H,4,7-8H2,(H,21,22)/b18-11+. The van der Waals surface area contributed by atoms with Gasteiger partial charge in [0.1, 0.15) is 0 Å². The van der Waals surface area contributed by atoms with Crippen LogP contribution in [-0.4, -0.2) is 9.97 Å². The molecule has 2 aromatic carbocycles. The van der Waals surface area contributed by atoms with E-state index in [-0.39, 0.29) is 0 Å². The molecule has 3 aromatic rings. The summed E-state index contributed by atoms with van der Waals surface area (Å²) in [7, 11) is 0. The van der Waals surface area contributed by atoms with Gasteiger partial charge in [-0.05, 0) is 59.2 Å². The van der Waals surface area contributed by atoms with Gasteiger partial charge in [-0.3, -0.25) is 0 Å². The van der Waals surface area contributed by atoms with Gasteiger partial charge in [0.15, 0.2) is 0 Å². The van der Waals surface area contributed by atoms with Crippen molar-refractivity contribution >= 4 is 11.6 Å². The van der Waals surface area contributed by atoms with Gasteiger partial charge in [0.25, 0.3) is 0 Å². The third-order valence-electron chi connectivity index (χ3n) is 4.30. The van der Waals surface area contributed by atoms with Crippen molar-refractivity contribution in [1.29, 1.82) is 0 Å². The van der Waals surface area contributed by atoms with Crippen molar-refractivity contribution in [2.75, 3.05) is 0 Å². The number of aromatic amines is 1. The SMILES string of the molecule is C(=C1/CCCc2ccc(-c3ccccc3)cc21)/c1cnc[nH]1. The fourth-order valence-corrected chi connectivity index (χ4v) is 3.19. The lowest BCUT2D eigenvalue weighted by atomic mass is 9.85. The van der Waals surface area contributed by atoms with E-state index >= 15 is 0 Å². The maximum Gasteiger partial charge on any atom is 0.0924 e. The molecule has 0 spiro atoms. The Morgan fingerprint density at radius 3 is 2.68 bits per heavy atom. The van der Waals surface area contributed by atoms with Crippen LogP contribution < -0.4 is 0 Å². The predicted molar refractivity (Wildman–Crippen MR) is 91.3 cm³/mol. The van der Waals surface area contributed by atoms with Crippen LogP contribution in [-0.2, 0) is 6.42 Å². The predicted octanol–water partition coefficient (Wildman–Crippen LogP) is 4.95. The van der Waals surface area contributed by atoms with Crippen molar-refractivity contribution in [1.82, 2.24) is 9.97 Å². The van der Waals surface area contributed by atoms with Crippen LogP contribution in [0.25, 0.3) is 22.8 Å². The normalized spacial score (nSPS) is 15.7. The Kier molecular flexibility index (Phi) is 3.36. The number of hydrogen-bond donors (Lipinski definition) is 1. The molecule has 0 radical (unpaired) electrons. The number of imidazole rings is 1. The van der Waals surface area contributed by atoms with E-state index in [1.165, 1.54) is 40.7 Å². The number of nitrogens with zero attached hydrogens (tertiary/aromatic N) is 1. The summed E-state index contributed by atoms with van der Waals surface area (Å²) in [6.07, 6.45) is 9.37. The Morgan fingerprint density at radius 2 is 1.86 bits per heavy atom. The molecule has 1 heterocycles. The van der Waals surface area contributed by atoms with E-state index < -0.39 is 0 Å². The molecular formula is C20H18N2. The quantitative estimate of drug-likeness (QED) is 0.709. The van der Waals surface area contributed by atoms with Crippen molar-refractivity contribution in [3.63, 3.8) is 0 Å². The smallest absolute Gasteiger partial charge is 0.0924 e. The zero-order valence-corrected chi connectivity index (χ0v) is 12.4. The minimum atomic E-state index is 1.08. The van der Waals surface area contributed by atoms with E-state index in [2.05, 4.69) is 64.6 Å². The topological polar surface area (TPSA) is 28.7 Å². The van der Waals surface area contributed by atoms with Gasteiger partial charge in [0.2, 0.25) is 0 Å². The number of nitrogens with one attached hydrogen (secondary N) is 1. The van der Waals surface area contributed by atoms with Gasteiger partial charge in [0, 0.05) is 0 Å². The van der Waals surface area contributed by atoms with Gasteiger partial charge in [-0.2, -0.15) is 0 Å². The molecule has 1 N–H and O–H groups in total. The molecule has 1 aromatic heterocycles. The molecule has 2 heteroatoms. The van der Waals surface area contributed by atoms with Gasteiger partial charge in [0.05, 0.1) is 18.2 Å². The Bertz CT molecular complexity index is 799. The molecule has 2 nitrogen and oxygen atoms in total. The Labute approximate surface area is 130 Å². The molecule has 4 rings (SSSR count). The molecule has 0 atom stereocenters. The largest absolute Gasteiger partial charge is 0.345 e. The number of aromatic nitrogens is 2. The number of rotatable bonds is 2. The zero-order chi connectivity index (χ0) is 14.8. The number of aryl methyl sites for hydroxylation is 1. The van der Waals surface area contributed by atoms with Crippen LogP contribution in [0.1, 0.15) is 29.7 Å². The van der Waals surface area contributed by atoms with Crippen LogP contribution >= 0.6 is 0 Å². The van der Waals surface area contributed by atoms with Crippen molar-refractivity contribution in [2.24, 2.45) is 0 Å². The first-order valence-corrected chi connectivity index (χ1v) is 7.78. The number of H-pyrrole nitrogens is 1. The number of benzene rings is 2. The van der Waals surface area contributed by atoms with E-state index in [1.807, 2.05) is 6.20 Å². The van der Waals surface area contributed by atoms with E-state index in [4.69, 9.17) is 0 Å². The zero-order valence-electron chi connectivity index (χ0n) is 12.4. The fraction of sp³-hybridized carbons (Fsp3) is 0.150. The molecule has 0 saturated carbocycles. The average Bonchev–Trinajstić information content (AvgIpc) is 3.09. The summed E-state index contributed by atoms with van der Waals surface area (Å²) in [5.41, 5.74) is 7.89. The minimum absolute atomic E-state index is 1.08. The summed E-state index contributed by atoms with van der Waals surface area (Å²) in [6, 6.07) is 17.5. The van der Waals surface area contributed by atoms with Crippen LogP contribution in [0.4, 0.5) is 0 Å². The van der Waals surface area contributed by atoms with Crippen LogP contribution in [0.3, 0.4) is 0 Å². The van der Waals surface area contributed by atoms with Crippen molar-refractivity contribution < 1.29 is 0 Å². The third-order valence-corrected chi connectivity index (χ3v) is 4.30. The molecular weight excluding hydrogens is 268 g/mol. The maximum absolute atomic E-state index is 4.11. The summed E-state index contributed by atoms with van der Waals surface area (Å²) in [5.74, 6) is 0. The Hall–Kier alpha value is -2.61. The van der Waals surface area contributed by atoms with E-state index in [0.717, 1.165) is 12.1 Å². The maximum atomic E-state index is 4.11. The van der Waals surface area contributed by atoms with Crippen LogP contribution in [0.2, 0.25) is 0 Å². The van der Waals surface area contributed by atoms with Gasteiger partial charge >= 0.3 is 0 Å². The van der Waals surface area contributed by atoms with Gasteiger partial charge in [-0.1, -0.05) is 42.5 Å². The highest BCUT2D eigenvalue weighted by molar-refractivity contribution is 5.85. The second kappa shape index (κ2) is 5.64. The summed E-state index contributed by atoms with van der Waals surface area (Å²) in [4.78, 5) is 7.28. The lowest BCUT2D eigenvalue weighted by Crippen LogP contribution is -2.02. The van der Waals surface area contributed by atoms with Crippen molar-refractivity contribution in [3.05, 3.63) is 77.9 Å². The minimum Gasteiger partial charge on any atom is -0.345 e. The van der Waals surface area contributed by atoms with E-state index in [9.17, 15) is 0 Å². The second-order valence-electron chi connectivity index (χ2n) is 5.77. The summed E-state index contributed by atoms with van der Waals surface area (Å²) in [5, 5.41) is 0. The van der Waals surface area contributed by atoms with Gasteiger partial charge in [-0.15, -0.1) is 0 Å². The Morgan fingerprint density at radius 1 is 0.955 bits per heavy atom. The summed E-state index contributed by atoms with van der Waals surface area (Å²) < 4.78 is 0. The first-order chi connectivity index (χ1) is 10.9. The second-order valence-corrected chi connectivity index (χ2v) is 5.77. The van der Waals surface area contributed by atoms with E-state index in [0.29, 0.717) is 0 Å². The molecule has 0 saturated heterocycles. The van der Waals surface area contributed by atoms with Crippen LogP contribution in [0.15, 0.2) is 61.1 Å². The van der Waals surface area contributed by atoms with Crippen LogP contribution in [0.5, 0.6) is 0 Å². The number of allylic oxidation sites excluding steroid dienone is 1. The molecule has 108 valence electrons. The van der Waals surface area contributed by atoms with Crippen molar-refractivity contribution in [3.8, 4) is 11.1 Å². The molecule has 0 aliphatic heterocycles. The van der Waals surface area contributed by atoms with Crippen molar-refractivity contribution in [2.45, 2.75) is 19.3 Å². The number of hydrogen-bond acceptors (Lipinski definition) is 1. The average molecular weight is 286 g/mol. The molecule has 1 aliphatic rings. The third kappa shape index (κ3) is 2.48. The summed E-state index contributed by atoms with van der Waals surface area (Å²) >= 11 is 0. The molecule has 0 amide bonds. The van der Waals surface area contributed by atoms with Gasteiger partial charge in [-0.25, -0.2) is 4.98 Å². The highest BCUT2D eigenvalue weighted by Gasteiger charge is 2.15. The van der Waals surface area contributed by atoms with Gasteiger partial charge < -0.3 is 4.98 Å². The summed E-state index contributed by atoms with van der Waals surface area (Å²) in [6.45, 7) is 0. The Balaban J connectivity index is 1.80. The molecule has 22 heavy (non-hydrogen) atoms. The lowest BCUT2D eigenvalue weighted by Gasteiger charge is -2.20. The first kappa shape index (κ1) is 13.1.